The molecule has 0 aliphatic heterocycles. The molecule has 0 aliphatic carbocycles. The van der Waals surface area contributed by atoms with Crippen LogP contribution < -0.4 is 5.73 Å². The molecule has 0 aromatic rings. The van der Waals surface area contributed by atoms with E-state index in [1.54, 1.807) is 0 Å². The molecule has 17 heavy (non-hydrogen) atoms. The molecule has 0 aliphatic rings. The molecule has 2 atom stereocenters. The maximum atomic E-state index is 12.2. The third kappa shape index (κ3) is 5.07. The number of carbonyl (C=O) groups excluding carboxylic acids is 1. The van der Waals surface area contributed by atoms with Gasteiger partial charge in [-0.25, -0.2) is 0 Å². The summed E-state index contributed by atoms with van der Waals surface area (Å²) < 4.78 is 5.23. The maximum Gasteiger partial charge on any atom is 0.313 e. The second kappa shape index (κ2) is 7.70. The van der Waals surface area contributed by atoms with Crippen LogP contribution in [0.5, 0.6) is 0 Å². The largest absolute Gasteiger partial charge is 0.466 e. The fourth-order valence-electron chi connectivity index (χ4n) is 2.38. The average Bonchev–Trinajstić information content (AvgIpc) is 2.27. The van der Waals surface area contributed by atoms with E-state index in [0.717, 1.165) is 19.3 Å². The van der Waals surface area contributed by atoms with Gasteiger partial charge < -0.3 is 10.5 Å². The molecule has 0 saturated carbocycles. The molecule has 0 amide bonds. The summed E-state index contributed by atoms with van der Waals surface area (Å²) in [6, 6.07) is 0. The molecular formula is C14H29NO2. The Morgan fingerprint density at radius 2 is 1.82 bits per heavy atom. The maximum absolute atomic E-state index is 12.2. The molecule has 0 aromatic carbocycles. The molecule has 0 saturated heterocycles. The summed E-state index contributed by atoms with van der Waals surface area (Å²) in [4.78, 5) is 12.2. The molecule has 2 unspecified atom stereocenters. The quantitative estimate of drug-likeness (QED) is 0.667. The first-order valence-electron chi connectivity index (χ1n) is 6.79. The van der Waals surface area contributed by atoms with Gasteiger partial charge in [-0.3, -0.25) is 4.79 Å². The topological polar surface area (TPSA) is 52.3 Å². The van der Waals surface area contributed by atoms with Crippen molar-refractivity contribution in [1.82, 2.24) is 0 Å². The molecule has 0 aromatic heterocycles. The summed E-state index contributed by atoms with van der Waals surface area (Å²) in [6.07, 6.45) is 2.71. The van der Waals surface area contributed by atoms with Gasteiger partial charge in [0.05, 0.1) is 12.0 Å². The number of rotatable bonds is 8. The molecule has 0 heterocycles. The Morgan fingerprint density at radius 1 is 1.24 bits per heavy atom. The van der Waals surface area contributed by atoms with Crippen molar-refractivity contribution in [3.63, 3.8) is 0 Å². The van der Waals surface area contributed by atoms with Gasteiger partial charge in [0, 0.05) is 6.54 Å². The van der Waals surface area contributed by atoms with Crippen LogP contribution >= 0.6 is 0 Å². The predicted molar refractivity (Wildman–Crippen MR) is 71.6 cm³/mol. The van der Waals surface area contributed by atoms with Crippen molar-refractivity contribution in [1.29, 1.82) is 0 Å². The normalized spacial score (nSPS) is 16.6. The minimum absolute atomic E-state index is 0.114. The Hall–Kier alpha value is -0.570. The SMILES string of the molecule is CCOC(=O)C(CN)(CC(C)C)CC(C)CC. The molecule has 0 spiro atoms. The third-order valence-electron chi connectivity index (χ3n) is 3.33. The standard InChI is InChI=1S/C14H29NO2/c1-6-12(5)9-14(10-15,8-11(3)4)13(16)17-7-2/h11-12H,6-10,15H2,1-5H3. The van der Waals surface area contributed by atoms with Crippen molar-refractivity contribution in [2.75, 3.05) is 13.2 Å². The van der Waals surface area contributed by atoms with E-state index < -0.39 is 5.41 Å². The lowest BCUT2D eigenvalue weighted by Crippen LogP contribution is -2.42. The smallest absolute Gasteiger partial charge is 0.313 e. The Balaban J connectivity index is 4.92. The van der Waals surface area contributed by atoms with E-state index in [9.17, 15) is 4.79 Å². The first-order chi connectivity index (χ1) is 7.91. The minimum atomic E-state index is -0.487. The Labute approximate surface area is 106 Å². The predicted octanol–water partition coefficient (Wildman–Crippen LogP) is 2.98. The van der Waals surface area contributed by atoms with Crippen LogP contribution in [0.25, 0.3) is 0 Å². The van der Waals surface area contributed by atoms with Gasteiger partial charge in [0.2, 0.25) is 0 Å². The molecule has 102 valence electrons. The lowest BCUT2D eigenvalue weighted by atomic mass is 9.73. The van der Waals surface area contributed by atoms with Crippen LogP contribution in [0.1, 0.15) is 53.9 Å². The first kappa shape index (κ1) is 16.4. The number of hydrogen-bond acceptors (Lipinski definition) is 3. The number of carbonyl (C=O) groups is 1. The molecule has 2 N–H and O–H groups in total. The van der Waals surface area contributed by atoms with Crippen molar-refractivity contribution in [2.24, 2.45) is 23.0 Å². The monoisotopic (exact) mass is 243 g/mol. The number of hydrogen-bond donors (Lipinski definition) is 1. The van der Waals surface area contributed by atoms with Gasteiger partial charge in [-0.1, -0.05) is 34.1 Å². The van der Waals surface area contributed by atoms with Gasteiger partial charge in [-0.15, -0.1) is 0 Å². The summed E-state index contributed by atoms with van der Waals surface area (Å²) in [5.74, 6) is 0.838. The van der Waals surface area contributed by atoms with E-state index in [1.807, 2.05) is 6.92 Å². The summed E-state index contributed by atoms with van der Waals surface area (Å²) in [5.41, 5.74) is 5.40. The molecule has 3 heteroatoms. The van der Waals surface area contributed by atoms with Crippen molar-refractivity contribution in [3.8, 4) is 0 Å². The van der Waals surface area contributed by atoms with Crippen LogP contribution in [-0.4, -0.2) is 19.1 Å². The fraction of sp³-hybridized carbons (Fsp3) is 0.929. The summed E-state index contributed by atoms with van der Waals surface area (Å²) in [5, 5.41) is 0. The molecule has 0 rings (SSSR count). The van der Waals surface area contributed by atoms with Gasteiger partial charge >= 0.3 is 5.97 Å². The van der Waals surface area contributed by atoms with Gasteiger partial charge in [-0.05, 0) is 31.6 Å². The Bertz CT molecular complexity index is 228. The highest BCUT2D eigenvalue weighted by atomic mass is 16.5. The summed E-state index contributed by atoms with van der Waals surface area (Å²) in [7, 11) is 0. The van der Waals surface area contributed by atoms with Crippen LogP contribution in [0.15, 0.2) is 0 Å². The second-order valence-electron chi connectivity index (χ2n) is 5.52. The van der Waals surface area contributed by atoms with Crippen LogP contribution in [0.3, 0.4) is 0 Å². The first-order valence-corrected chi connectivity index (χ1v) is 6.79. The van der Waals surface area contributed by atoms with E-state index in [-0.39, 0.29) is 5.97 Å². The van der Waals surface area contributed by atoms with Crippen LogP contribution in [0, 0.1) is 17.3 Å². The van der Waals surface area contributed by atoms with Crippen molar-refractivity contribution < 1.29 is 9.53 Å². The molecule has 0 radical (unpaired) electrons. The molecular weight excluding hydrogens is 214 g/mol. The third-order valence-corrected chi connectivity index (χ3v) is 3.33. The van der Waals surface area contributed by atoms with Crippen molar-refractivity contribution in [2.45, 2.75) is 53.9 Å². The van der Waals surface area contributed by atoms with E-state index in [0.29, 0.717) is 25.0 Å². The summed E-state index contributed by atoms with van der Waals surface area (Å²) >= 11 is 0. The van der Waals surface area contributed by atoms with Crippen LogP contribution in [0.2, 0.25) is 0 Å². The van der Waals surface area contributed by atoms with Crippen molar-refractivity contribution >= 4 is 5.97 Å². The average molecular weight is 243 g/mol. The minimum Gasteiger partial charge on any atom is -0.466 e. The van der Waals surface area contributed by atoms with Gasteiger partial charge in [0.1, 0.15) is 0 Å². The van der Waals surface area contributed by atoms with Gasteiger partial charge in [-0.2, -0.15) is 0 Å². The Morgan fingerprint density at radius 3 is 2.18 bits per heavy atom. The zero-order valence-electron chi connectivity index (χ0n) is 12.1. The van der Waals surface area contributed by atoms with Gasteiger partial charge in [0.15, 0.2) is 0 Å². The lowest BCUT2D eigenvalue weighted by molar-refractivity contribution is -0.157. The van der Waals surface area contributed by atoms with E-state index >= 15 is 0 Å². The van der Waals surface area contributed by atoms with E-state index in [4.69, 9.17) is 10.5 Å². The van der Waals surface area contributed by atoms with E-state index in [1.165, 1.54) is 0 Å². The number of nitrogens with two attached hydrogens (primary N) is 1. The molecule has 0 bridgehead atoms. The highest BCUT2D eigenvalue weighted by Gasteiger charge is 2.39. The van der Waals surface area contributed by atoms with E-state index in [2.05, 4.69) is 27.7 Å². The summed E-state index contributed by atoms with van der Waals surface area (Å²) in [6.45, 7) is 11.2. The number of ether oxygens (including phenoxy) is 1. The zero-order valence-corrected chi connectivity index (χ0v) is 12.1. The zero-order chi connectivity index (χ0) is 13.5. The molecule has 0 fully saturated rings. The Kier molecular flexibility index (Phi) is 7.44. The highest BCUT2D eigenvalue weighted by Crippen LogP contribution is 2.35. The van der Waals surface area contributed by atoms with Crippen LogP contribution in [-0.2, 0) is 9.53 Å². The number of esters is 1. The highest BCUT2D eigenvalue weighted by molar-refractivity contribution is 5.77. The van der Waals surface area contributed by atoms with Crippen molar-refractivity contribution in [3.05, 3.63) is 0 Å². The fourth-order valence-corrected chi connectivity index (χ4v) is 2.38. The van der Waals surface area contributed by atoms with Gasteiger partial charge in [0.25, 0.3) is 0 Å². The second-order valence-corrected chi connectivity index (χ2v) is 5.52. The molecule has 3 nitrogen and oxygen atoms in total. The van der Waals surface area contributed by atoms with Crippen LogP contribution in [0.4, 0.5) is 0 Å². The lowest BCUT2D eigenvalue weighted by Gasteiger charge is -2.33.